The zero-order chi connectivity index (χ0) is 43.7. The number of hydrogen-bond acceptors (Lipinski definition) is 4. The van der Waals surface area contributed by atoms with Gasteiger partial charge in [0.25, 0.3) is 0 Å². The first-order chi connectivity index (χ1) is 29.6. The number of hydrogen-bond donors (Lipinski definition) is 4. The van der Waals surface area contributed by atoms with Gasteiger partial charge in [0.2, 0.25) is 5.91 Å². The standard InChI is InChI=1S/C55H107NO4/c1-3-5-7-9-11-13-15-17-19-20-21-22-23-24-25-26-27-28-29-30-31-32-33-34-35-36-38-40-42-44-46-48-50-54(59)56-52(51-57)55(60)53(58)49-47-45-43-41-39-37-18-16-14-12-10-8-6-4-2/h16,18,41,43,52-53,55,57-58,60H,3-15,17,19-40,42,44-51H2,1-2H3,(H,56,59)/b18-16+,43-41+. The highest BCUT2D eigenvalue weighted by Gasteiger charge is 2.26. The van der Waals surface area contributed by atoms with E-state index in [-0.39, 0.29) is 12.5 Å². The van der Waals surface area contributed by atoms with Crippen LogP contribution in [0.25, 0.3) is 0 Å². The Morgan fingerprint density at radius 1 is 0.400 bits per heavy atom. The maximum Gasteiger partial charge on any atom is 0.220 e. The number of aliphatic hydroxyl groups excluding tert-OH is 3. The molecule has 0 aromatic carbocycles. The van der Waals surface area contributed by atoms with E-state index in [4.69, 9.17) is 0 Å². The highest BCUT2D eigenvalue weighted by atomic mass is 16.3. The van der Waals surface area contributed by atoms with Gasteiger partial charge in [-0.05, 0) is 51.4 Å². The molecule has 60 heavy (non-hydrogen) atoms. The van der Waals surface area contributed by atoms with E-state index in [0.29, 0.717) is 12.8 Å². The van der Waals surface area contributed by atoms with E-state index in [9.17, 15) is 20.1 Å². The minimum Gasteiger partial charge on any atom is -0.394 e. The molecule has 0 aliphatic carbocycles. The Morgan fingerprint density at radius 2 is 0.683 bits per heavy atom. The highest BCUT2D eigenvalue weighted by Crippen LogP contribution is 2.18. The first kappa shape index (κ1) is 58.8. The van der Waals surface area contributed by atoms with Crippen molar-refractivity contribution in [1.29, 1.82) is 0 Å². The quantitative estimate of drug-likeness (QED) is 0.0363. The van der Waals surface area contributed by atoms with Gasteiger partial charge >= 0.3 is 0 Å². The van der Waals surface area contributed by atoms with Crippen molar-refractivity contribution < 1.29 is 20.1 Å². The van der Waals surface area contributed by atoms with Crippen molar-refractivity contribution in [3.05, 3.63) is 24.3 Å². The minimum absolute atomic E-state index is 0.153. The van der Waals surface area contributed by atoms with E-state index in [1.807, 2.05) is 0 Å². The summed E-state index contributed by atoms with van der Waals surface area (Å²) < 4.78 is 0. The summed E-state index contributed by atoms with van der Waals surface area (Å²) in [6.07, 6.45) is 63.4. The van der Waals surface area contributed by atoms with Crippen LogP contribution in [0.4, 0.5) is 0 Å². The van der Waals surface area contributed by atoms with E-state index in [1.165, 1.54) is 225 Å². The van der Waals surface area contributed by atoms with Gasteiger partial charge in [-0.25, -0.2) is 0 Å². The Kier molecular flexibility index (Phi) is 49.5. The van der Waals surface area contributed by atoms with Crippen LogP contribution in [0.5, 0.6) is 0 Å². The maximum atomic E-state index is 12.5. The highest BCUT2D eigenvalue weighted by molar-refractivity contribution is 5.76. The van der Waals surface area contributed by atoms with Gasteiger partial charge in [-0.2, -0.15) is 0 Å². The third-order valence-corrected chi connectivity index (χ3v) is 12.8. The summed E-state index contributed by atoms with van der Waals surface area (Å²) in [5.41, 5.74) is 0. The molecule has 0 rings (SSSR count). The zero-order valence-corrected chi connectivity index (χ0v) is 40.6. The first-order valence-corrected chi connectivity index (χ1v) is 27.1. The van der Waals surface area contributed by atoms with Gasteiger partial charge in [0.1, 0.15) is 6.10 Å². The summed E-state index contributed by atoms with van der Waals surface area (Å²) in [5, 5.41) is 33.6. The van der Waals surface area contributed by atoms with Gasteiger partial charge in [-0.1, -0.05) is 263 Å². The number of rotatable bonds is 50. The van der Waals surface area contributed by atoms with Gasteiger partial charge in [0, 0.05) is 6.42 Å². The van der Waals surface area contributed by atoms with E-state index in [1.54, 1.807) is 0 Å². The lowest BCUT2D eigenvalue weighted by molar-refractivity contribution is -0.124. The molecular formula is C55H107NO4. The number of amides is 1. The normalized spacial score (nSPS) is 13.5. The Balaban J connectivity index is 3.48. The van der Waals surface area contributed by atoms with Crippen LogP contribution in [-0.4, -0.2) is 46.1 Å². The van der Waals surface area contributed by atoms with Crippen LogP contribution >= 0.6 is 0 Å². The van der Waals surface area contributed by atoms with Crippen LogP contribution in [0.3, 0.4) is 0 Å². The summed E-state index contributed by atoms with van der Waals surface area (Å²) in [6, 6.07) is -0.829. The van der Waals surface area contributed by atoms with E-state index in [2.05, 4.69) is 43.5 Å². The molecule has 0 heterocycles. The fourth-order valence-corrected chi connectivity index (χ4v) is 8.59. The van der Waals surface area contributed by atoms with Gasteiger partial charge in [-0.15, -0.1) is 0 Å². The van der Waals surface area contributed by atoms with Crippen molar-refractivity contribution in [3.8, 4) is 0 Å². The topological polar surface area (TPSA) is 89.8 Å². The predicted octanol–water partition coefficient (Wildman–Crippen LogP) is 16.5. The molecular weight excluding hydrogens is 739 g/mol. The van der Waals surface area contributed by atoms with Gasteiger partial charge < -0.3 is 20.6 Å². The summed E-state index contributed by atoms with van der Waals surface area (Å²) in [4.78, 5) is 12.5. The second-order valence-corrected chi connectivity index (χ2v) is 18.8. The smallest absolute Gasteiger partial charge is 0.220 e. The van der Waals surface area contributed by atoms with Crippen molar-refractivity contribution in [3.63, 3.8) is 0 Å². The number of aliphatic hydroxyl groups is 3. The molecule has 0 fully saturated rings. The van der Waals surface area contributed by atoms with Crippen LogP contribution in [0.15, 0.2) is 24.3 Å². The third-order valence-electron chi connectivity index (χ3n) is 12.8. The predicted molar refractivity (Wildman–Crippen MR) is 264 cm³/mol. The van der Waals surface area contributed by atoms with Crippen LogP contribution in [0.2, 0.25) is 0 Å². The van der Waals surface area contributed by atoms with Crippen molar-refractivity contribution in [2.75, 3.05) is 6.61 Å². The second kappa shape index (κ2) is 50.5. The molecule has 0 aliphatic rings. The Bertz CT molecular complexity index is 890. The lowest BCUT2D eigenvalue weighted by Gasteiger charge is -2.26. The van der Waals surface area contributed by atoms with Gasteiger partial charge in [-0.3, -0.25) is 4.79 Å². The Labute approximate surface area is 375 Å². The van der Waals surface area contributed by atoms with Gasteiger partial charge in [0.05, 0.1) is 18.8 Å². The van der Waals surface area contributed by atoms with Crippen molar-refractivity contribution in [1.82, 2.24) is 5.32 Å². The van der Waals surface area contributed by atoms with Gasteiger partial charge in [0.15, 0.2) is 0 Å². The van der Waals surface area contributed by atoms with E-state index >= 15 is 0 Å². The second-order valence-electron chi connectivity index (χ2n) is 18.8. The number of nitrogens with one attached hydrogen (secondary N) is 1. The van der Waals surface area contributed by atoms with Crippen molar-refractivity contribution in [2.24, 2.45) is 0 Å². The zero-order valence-electron chi connectivity index (χ0n) is 40.6. The fourth-order valence-electron chi connectivity index (χ4n) is 8.59. The maximum absolute atomic E-state index is 12.5. The number of carbonyl (C=O) groups is 1. The molecule has 0 aliphatic heterocycles. The minimum atomic E-state index is -1.16. The molecule has 356 valence electrons. The summed E-state index contributed by atoms with van der Waals surface area (Å²) in [6.45, 7) is 4.17. The molecule has 3 unspecified atom stereocenters. The number of carbonyl (C=O) groups excluding carboxylic acids is 1. The van der Waals surface area contributed by atoms with E-state index < -0.39 is 18.2 Å². The fraction of sp³-hybridized carbons (Fsp3) is 0.909. The third kappa shape index (κ3) is 44.9. The number of unbranched alkanes of at least 4 members (excludes halogenated alkanes) is 38. The summed E-state index contributed by atoms with van der Waals surface area (Å²) in [7, 11) is 0. The average molecular weight is 846 g/mol. The molecule has 3 atom stereocenters. The lowest BCUT2D eigenvalue weighted by Crippen LogP contribution is -2.50. The average Bonchev–Trinajstić information content (AvgIpc) is 3.25. The number of allylic oxidation sites excluding steroid dienone is 4. The Hall–Kier alpha value is -1.17. The molecule has 1 amide bonds. The summed E-state index contributed by atoms with van der Waals surface area (Å²) in [5.74, 6) is -0.153. The molecule has 5 nitrogen and oxygen atoms in total. The molecule has 0 saturated heterocycles. The monoisotopic (exact) mass is 846 g/mol. The molecule has 5 heteroatoms. The Morgan fingerprint density at radius 3 is 1.02 bits per heavy atom. The SMILES string of the molecule is CCCCCCC/C=C/CC/C=C/CCCC(O)C(O)C(CO)NC(=O)CCCCCCCCCCCCCCCCCCCCCCCCCCCCCCCCCC. The summed E-state index contributed by atoms with van der Waals surface area (Å²) >= 11 is 0. The van der Waals surface area contributed by atoms with Crippen LogP contribution in [0.1, 0.15) is 296 Å². The molecule has 0 saturated carbocycles. The molecule has 4 N–H and O–H groups in total. The van der Waals surface area contributed by atoms with Crippen LogP contribution in [-0.2, 0) is 4.79 Å². The molecule has 0 aromatic rings. The largest absolute Gasteiger partial charge is 0.394 e. The molecule has 0 radical (unpaired) electrons. The first-order valence-electron chi connectivity index (χ1n) is 27.1. The molecule has 0 bridgehead atoms. The van der Waals surface area contributed by atoms with E-state index in [0.717, 1.165) is 44.9 Å². The molecule has 0 aromatic heterocycles. The van der Waals surface area contributed by atoms with Crippen molar-refractivity contribution in [2.45, 2.75) is 315 Å². The molecule has 0 spiro atoms. The lowest BCUT2D eigenvalue weighted by atomic mass is 10.0. The van der Waals surface area contributed by atoms with Crippen molar-refractivity contribution >= 4 is 5.91 Å². The van der Waals surface area contributed by atoms with Crippen LogP contribution < -0.4 is 5.32 Å². The van der Waals surface area contributed by atoms with Crippen LogP contribution in [0, 0.1) is 0 Å².